The Morgan fingerprint density at radius 1 is 1.40 bits per heavy atom. The summed E-state index contributed by atoms with van der Waals surface area (Å²) in [6.07, 6.45) is 0. The second-order valence-electron chi connectivity index (χ2n) is 3.10. The SMILES string of the molecule is COC(=O)c1cc(CBr)c(OC)cc1C. The predicted molar refractivity (Wildman–Crippen MR) is 61.7 cm³/mol. The van der Waals surface area contributed by atoms with Gasteiger partial charge in [0.05, 0.1) is 19.8 Å². The van der Waals surface area contributed by atoms with Gasteiger partial charge in [-0.25, -0.2) is 4.79 Å². The topological polar surface area (TPSA) is 35.5 Å². The van der Waals surface area contributed by atoms with E-state index in [4.69, 9.17) is 9.47 Å². The van der Waals surface area contributed by atoms with E-state index in [2.05, 4.69) is 15.9 Å². The summed E-state index contributed by atoms with van der Waals surface area (Å²) in [5, 5.41) is 0.639. The largest absolute Gasteiger partial charge is 0.496 e. The summed E-state index contributed by atoms with van der Waals surface area (Å²) in [5.41, 5.74) is 2.36. The molecule has 0 amide bonds. The van der Waals surface area contributed by atoms with Crippen molar-refractivity contribution < 1.29 is 14.3 Å². The maximum Gasteiger partial charge on any atom is 0.338 e. The normalized spacial score (nSPS) is 9.87. The number of methoxy groups -OCH3 is 2. The van der Waals surface area contributed by atoms with Gasteiger partial charge in [0.15, 0.2) is 0 Å². The van der Waals surface area contributed by atoms with Crippen LogP contribution in [-0.2, 0) is 10.1 Å². The van der Waals surface area contributed by atoms with E-state index in [0.29, 0.717) is 10.9 Å². The summed E-state index contributed by atoms with van der Waals surface area (Å²) in [6.45, 7) is 1.85. The van der Waals surface area contributed by atoms with Crippen molar-refractivity contribution in [3.05, 3.63) is 28.8 Å². The van der Waals surface area contributed by atoms with Crippen LogP contribution >= 0.6 is 15.9 Å². The first-order chi connectivity index (χ1) is 7.13. The number of esters is 1. The van der Waals surface area contributed by atoms with Crippen LogP contribution in [0.1, 0.15) is 21.5 Å². The number of rotatable bonds is 3. The van der Waals surface area contributed by atoms with E-state index in [1.54, 1.807) is 13.2 Å². The van der Waals surface area contributed by atoms with Crippen LogP contribution in [0.3, 0.4) is 0 Å². The molecule has 0 aliphatic carbocycles. The third-order valence-electron chi connectivity index (χ3n) is 2.18. The van der Waals surface area contributed by atoms with E-state index in [1.165, 1.54) is 7.11 Å². The molecule has 0 atom stereocenters. The van der Waals surface area contributed by atoms with Crippen LogP contribution in [0.5, 0.6) is 5.75 Å². The van der Waals surface area contributed by atoms with Crippen LogP contribution in [0, 0.1) is 6.92 Å². The monoisotopic (exact) mass is 272 g/mol. The summed E-state index contributed by atoms with van der Waals surface area (Å²) in [6, 6.07) is 3.62. The predicted octanol–water partition coefficient (Wildman–Crippen LogP) is 2.69. The third-order valence-corrected chi connectivity index (χ3v) is 2.78. The summed E-state index contributed by atoms with van der Waals surface area (Å²) >= 11 is 3.35. The van der Waals surface area contributed by atoms with E-state index in [1.807, 2.05) is 13.0 Å². The fraction of sp³-hybridized carbons (Fsp3) is 0.364. The van der Waals surface area contributed by atoms with Crippen molar-refractivity contribution in [2.75, 3.05) is 14.2 Å². The van der Waals surface area contributed by atoms with Crippen LogP contribution < -0.4 is 4.74 Å². The molecule has 0 N–H and O–H groups in total. The number of halogens is 1. The first-order valence-electron chi connectivity index (χ1n) is 4.45. The van der Waals surface area contributed by atoms with Crippen LogP contribution in [0.25, 0.3) is 0 Å². The summed E-state index contributed by atoms with van der Waals surface area (Å²) in [4.78, 5) is 11.4. The molecule has 0 aliphatic heterocycles. The Morgan fingerprint density at radius 2 is 2.07 bits per heavy atom. The number of carbonyl (C=O) groups excluding carboxylic acids is 1. The Balaban J connectivity index is 3.25. The molecule has 0 saturated carbocycles. The van der Waals surface area contributed by atoms with Gasteiger partial charge in [0.25, 0.3) is 0 Å². The van der Waals surface area contributed by atoms with Crippen LogP contribution in [-0.4, -0.2) is 20.2 Å². The molecule has 0 bridgehead atoms. The molecule has 15 heavy (non-hydrogen) atoms. The van der Waals surface area contributed by atoms with Crippen molar-refractivity contribution in [1.82, 2.24) is 0 Å². The molecule has 0 aromatic heterocycles. The minimum Gasteiger partial charge on any atom is -0.496 e. The van der Waals surface area contributed by atoms with Gasteiger partial charge in [-0.15, -0.1) is 0 Å². The van der Waals surface area contributed by atoms with Gasteiger partial charge in [-0.05, 0) is 24.6 Å². The zero-order valence-corrected chi connectivity index (χ0v) is 10.6. The Labute approximate surface area is 97.5 Å². The molecule has 1 rings (SSSR count). The molecule has 0 heterocycles. The molecular formula is C11H13BrO3. The van der Waals surface area contributed by atoms with Gasteiger partial charge >= 0.3 is 5.97 Å². The Morgan fingerprint density at radius 3 is 2.53 bits per heavy atom. The molecule has 4 heteroatoms. The molecule has 0 spiro atoms. The molecule has 1 aromatic rings. The van der Waals surface area contributed by atoms with E-state index in [0.717, 1.165) is 16.9 Å². The van der Waals surface area contributed by atoms with Gasteiger partial charge in [-0.3, -0.25) is 0 Å². The average molecular weight is 273 g/mol. The molecule has 0 fully saturated rings. The lowest BCUT2D eigenvalue weighted by Crippen LogP contribution is -2.05. The number of alkyl halides is 1. The standard InChI is InChI=1S/C11H13BrO3/c1-7-4-10(14-2)8(6-12)5-9(7)11(13)15-3/h4-5H,6H2,1-3H3. The lowest BCUT2D eigenvalue weighted by molar-refractivity contribution is 0.0600. The quantitative estimate of drug-likeness (QED) is 0.627. The fourth-order valence-corrected chi connectivity index (χ4v) is 1.79. The zero-order valence-electron chi connectivity index (χ0n) is 8.96. The maximum absolute atomic E-state index is 11.4. The number of benzene rings is 1. The number of carbonyl (C=O) groups is 1. The van der Waals surface area contributed by atoms with E-state index in [9.17, 15) is 4.79 Å². The van der Waals surface area contributed by atoms with Gasteiger partial charge in [-0.2, -0.15) is 0 Å². The first-order valence-corrected chi connectivity index (χ1v) is 5.58. The number of aryl methyl sites for hydroxylation is 1. The van der Waals surface area contributed by atoms with E-state index in [-0.39, 0.29) is 5.97 Å². The van der Waals surface area contributed by atoms with Gasteiger partial charge in [0.2, 0.25) is 0 Å². The van der Waals surface area contributed by atoms with E-state index < -0.39 is 0 Å². The second kappa shape index (κ2) is 5.16. The van der Waals surface area contributed by atoms with E-state index >= 15 is 0 Å². The van der Waals surface area contributed by atoms with Crippen molar-refractivity contribution in [3.63, 3.8) is 0 Å². The Bertz CT molecular complexity index is 374. The van der Waals surface area contributed by atoms with Gasteiger partial charge < -0.3 is 9.47 Å². The smallest absolute Gasteiger partial charge is 0.338 e. The number of ether oxygens (including phenoxy) is 2. The maximum atomic E-state index is 11.4. The molecular weight excluding hydrogens is 260 g/mol. The number of hydrogen-bond acceptors (Lipinski definition) is 3. The summed E-state index contributed by atoms with van der Waals surface area (Å²) in [7, 11) is 2.98. The van der Waals surface area contributed by atoms with Crippen LogP contribution in [0.2, 0.25) is 0 Å². The summed E-state index contributed by atoms with van der Waals surface area (Å²) < 4.78 is 9.90. The highest BCUT2D eigenvalue weighted by atomic mass is 79.9. The van der Waals surface area contributed by atoms with Crippen molar-refractivity contribution >= 4 is 21.9 Å². The Hall–Kier alpha value is -1.03. The zero-order chi connectivity index (χ0) is 11.4. The highest BCUT2D eigenvalue weighted by Gasteiger charge is 2.13. The Kier molecular flexibility index (Phi) is 4.15. The average Bonchev–Trinajstić information content (AvgIpc) is 2.27. The molecule has 1 aromatic carbocycles. The fourth-order valence-electron chi connectivity index (χ4n) is 1.35. The van der Waals surface area contributed by atoms with Crippen LogP contribution in [0.15, 0.2) is 12.1 Å². The minimum absolute atomic E-state index is 0.322. The third kappa shape index (κ3) is 2.50. The summed E-state index contributed by atoms with van der Waals surface area (Å²) in [5.74, 6) is 0.453. The second-order valence-corrected chi connectivity index (χ2v) is 3.66. The van der Waals surface area contributed by atoms with Crippen LogP contribution in [0.4, 0.5) is 0 Å². The van der Waals surface area contributed by atoms with Crippen molar-refractivity contribution in [3.8, 4) is 5.75 Å². The lowest BCUT2D eigenvalue weighted by Gasteiger charge is -2.10. The van der Waals surface area contributed by atoms with Gasteiger partial charge in [0, 0.05) is 10.9 Å². The molecule has 82 valence electrons. The van der Waals surface area contributed by atoms with Crippen molar-refractivity contribution in [2.45, 2.75) is 12.3 Å². The first kappa shape index (κ1) is 12.0. The minimum atomic E-state index is -0.322. The lowest BCUT2D eigenvalue weighted by atomic mass is 10.0. The highest BCUT2D eigenvalue weighted by Crippen LogP contribution is 2.25. The highest BCUT2D eigenvalue weighted by molar-refractivity contribution is 9.08. The van der Waals surface area contributed by atoms with Gasteiger partial charge in [0.1, 0.15) is 5.75 Å². The van der Waals surface area contributed by atoms with Crippen molar-refractivity contribution in [2.24, 2.45) is 0 Å². The van der Waals surface area contributed by atoms with Gasteiger partial charge in [-0.1, -0.05) is 15.9 Å². The molecule has 0 aliphatic rings. The molecule has 0 saturated heterocycles. The molecule has 3 nitrogen and oxygen atoms in total. The number of hydrogen-bond donors (Lipinski definition) is 0. The molecule has 0 radical (unpaired) electrons. The van der Waals surface area contributed by atoms with Crippen molar-refractivity contribution in [1.29, 1.82) is 0 Å². The molecule has 0 unspecified atom stereocenters.